The topological polar surface area (TPSA) is 61.5 Å². The first-order chi connectivity index (χ1) is 8.23. The molecule has 0 unspecified atom stereocenters. The van der Waals surface area contributed by atoms with Crippen LogP contribution in [0.3, 0.4) is 0 Å². The fraction of sp³-hybridized carbons (Fsp3) is 0.300. The highest BCUT2D eigenvalue weighted by atomic mass is 35.5. The van der Waals surface area contributed by atoms with Crippen LogP contribution in [0, 0.1) is 0 Å². The molecule has 0 saturated carbocycles. The Balaban J connectivity index is 3.50. The number of carbonyl (C=O) groups excluding carboxylic acids is 1. The molecule has 4 nitrogen and oxygen atoms in total. The second-order valence-corrected chi connectivity index (χ2v) is 3.62. The van der Waals surface area contributed by atoms with Gasteiger partial charge in [-0.2, -0.15) is 13.2 Å². The zero-order valence-electron chi connectivity index (χ0n) is 9.39. The van der Waals surface area contributed by atoms with Crippen LogP contribution < -0.4 is 15.2 Å². The third-order valence-corrected chi connectivity index (χ3v) is 2.42. The number of carbonyl (C=O) groups is 1. The Bertz CT molecular complexity index is 488. The van der Waals surface area contributed by atoms with E-state index in [0.29, 0.717) is 0 Å². The first-order valence-electron chi connectivity index (χ1n) is 4.55. The van der Waals surface area contributed by atoms with Crippen molar-refractivity contribution in [3.8, 4) is 11.5 Å². The fourth-order valence-corrected chi connectivity index (χ4v) is 1.63. The smallest absolute Gasteiger partial charge is 0.454 e. The Hall–Kier alpha value is -1.63. The van der Waals surface area contributed by atoms with E-state index < -0.39 is 23.2 Å². The summed E-state index contributed by atoms with van der Waals surface area (Å²) >= 11 is 5.70. The molecular weight excluding hydrogens is 275 g/mol. The normalized spacial score (nSPS) is 11.2. The number of anilines is 1. The summed E-state index contributed by atoms with van der Waals surface area (Å²) in [6, 6.07) is 0.800. The molecule has 0 aromatic heterocycles. The number of methoxy groups -OCH3 is 2. The van der Waals surface area contributed by atoms with Crippen molar-refractivity contribution in [2.75, 3.05) is 20.0 Å². The van der Waals surface area contributed by atoms with E-state index in [1.165, 1.54) is 14.2 Å². The highest BCUT2D eigenvalue weighted by Gasteiger charge is 2.41. The molecule has 1 aromatic carbocycles. The zero-order valence-corrected chi connectivity index (χ0v) is 10.1. The number of nitrogens with two attached hydrogens (primary N) is 1. The molecule has 0 aliphatic carbocycles. The number of nitrogen functional groups attached to an aromatic ring is 1. The van der Waals surface area contributed by atoms with Gasteiger partial charge in [0.15, 0.2) is 11.5 Å². The van der Waals surface area contributed by atoms with Gasteiger partial charge in [0.05, 0.1) is 30.5 Å². The summed E-state index contributed by atoms with van der Waals surface area (Å²) < 4.78 is 46.7. The number of ether oxygens (including phenoxy) is 2. The van der Waals surface area contributed by atoms with Gasteiger partial charge in [0.2, 0.25) is 0 Å². The molecule has 2 N–H and O–H groups in total. The minimum absolute atomic E-state index is 0.0320. The van der Waals surface area contributed by atoms with Crippen molar-refractivity contribution in [2.24, 2.45) is 0 Å². The summed E-state index contributed by atoms with van der Waals surface area (Å²) in [6.45, 7) is 0. The second-order valence-electron chi connectivity index (χ2n) is 3.21. The Morgan fingerprint density at radius 3 is 2.17 bits per heavy atom. The van der Waals surface area contributed by atoms with E-state index in [4.69, 9.17) is 26.8 Å². The molecule has 0 bridgehead atoms. The van der Waals surface area contributed by atoms with Gasteiger partial charge in [-0.3, -0.25) is 4.79 Å². The Labute approximate surface area is 105 Å². The molecule has 0 saturated heterocycles. The van der Waals surface area contributed by atoms with Crippen molar-refractivity contribution in [2.45, 2.75) is 6.18 Å². The van der Waals surface area contributed by atoms with Crippen LogP contribution in [0.15, 0.2) is 6.07 Å². The van der Waals surface area contributed by atoms with Crippen LogP contribution >= 0.6 is 11.6 Å². The molecule has 0 atom stereocenters. The maximum absolute atomic E-state index is 12.3. The molecule has 0 spiro atoms. The van der Waals surface area contributed by atoms with E-state index in [0.717, 1.165) is 6.07 Å². The standard InChI is InChI=1S/C10H9ClF3NO3/c1-17-7-5(11)3-4(6(15)8(7)18-2)9(16)10(12,13)14/h3H,15H2,1-2H3. The van der Waals surface area contributed by atoms with Crippen molar-refractivity contribution >= 4 is 23.1 Å². The van der Waals surface area contributed by atoms with Crippen molar-refractivity contribution < 1.29 is 27.4 Å². The lowest BCUT2D eigenvalue weighted by Crippen LogP contribution is -2.24. The average molecular weight is 284 g/mol. The lowest BCUT2D eigenvalue weighted by atomic mass is 10.1. The number of ketones is 1. The Morgan fingerprint density at radius 1 is 1.28 bits per heavy atom. The molecule has 100 valence electrons. The molecule has 1 rings (SSSR count). The van der Waals surface area contributed by atoms with Crippen LogP contribution in [0.1, 0.15) is 10.4 Å². The number of hydrogen-bond donors (Lipinski definition) is 1. The monoisotopic (exact) mass is 283 g/mol. The summed E-state index contributed by atoms with van der Waals surface area (Å²) in [7, 11) is 2.42. The number of hydrogen-bond acceptors (Lipinski definition) is 4. The highest BCUT2D eigenvalue weighted by Crippen LogP contribution is 2.43. The highest BCUT2D eigenvalue weighted by molar-refractivity contribution is 6.33. The number of rotatable bonds is 3. The summed E-state index contributed by atoms with van der Waals surface area (Å²) in [5.74, 6) is -2.34. The maximum Gasteiger partial charge on any atom is 0.454 e. The van der Waals surface area contributed by atoms with Crippen LogP contribution in [-0.4, -0.2) is 26.2 Å². The van der Waals surface area contributed by atoms with Gasteiger partial charge in [0, 0.05) is 0 Å². The first kappa shape index (κ1) is 14.4. The molecule has 8 heteroatoms. The van der Waals surface area contributed by atoms with Gasteiger partial charge < -0.3 is 15.2 Å². The van der Waals surface area contributed by atoms with E-state index >= 15 is 0 Å². The Morgan fingerprint density at radius 2 is 1.78 bits per heavy atom. The van der Waals surface area contributed by atoms with E-state index in [-0.39, 0.29) is 16.5 Å². The van der Waals surface area contributed by atoms with Gasteiger partial charge in [-0.25, -0.2) is 0 Å². The number of halogens is 4. The van der Waals surface area contributed by atoms with Crippen molar-refractivity contribution in [1.82, 2.24) is 0 Å². The van der Waals surface area contributed by atoms with Crippen LogP contribution in [0.4, 0.5) is 18.9 Å². The molecule has 0 aliphatic heterocycles. The van der Waals surface area contributed by atoms with Gasteiger partial charge >= 0.3 is 6.18 Å². The van der Waals surface area contributed by atoms with Crippen molar-refractivity contribution in [3.05, 3.63) is 16.7 Å². The minimum Gasteiger partial charge on any atom is -0.491 e. The first-order valence-corrected chi connectivity index (χ1v) is 4.93. The molecule has 0 heterocycles. The molecular formula is C10H9ClF3NO3. The van der Waals surface area contributed by atoms with Gasteiger partial charge in [0.25, 0.3) is 5.78 Å². The molecule has 0 aliphatic rings. The zero-order chi connectivity index (χ0) is 14.1. The van der Waals surface area contributed by atoms with E-state index in [1.807, 2.05) is 0 Å². The van der Waals surface area contributed by atoms with Gasteiger partial charge in [-0.05, 0) is 6.07 Å². The number of alkyl halides is 3. The second kappa shape index (κ2) is 4.93. The quantitative estimate of drug-likeness (QED) is 0.684. The lowest BCUT2D eigenvalue weighted by molar-refractivity contribution is -0.0884. The van der Waals surface area contributed by atoms with Crippen molar-refractivity contribution in [3.63, 3.8) is 0 Å². The van der Waals surface area contributed by atoms with Gasteiger partial charge in [-0.1, -0.05) is 11.6 Å². The third kappa shape index (κ3) is 2.45. The van der Waals surface area contributed by atoms with E-state index in [2.05, 4.69) is 0 Å². The van der Waals surface area contributed by atoms with Gasteiger partial charge in [-0.15, -0.1) is 0 Å². The minimum atomic E-state index is -5.04. The Kier molecular flexibility index (Phi) is 3.95. The number of Topliss-reactive ketones (excluding diaryl/α,β-unsaturated/α-hetero) is 1. The molecule has 1 aromatic rings. The summed E-state index contributed by atoms with van der Waals surface area (Å²) in [5, 5.41) is -0.198. The predicted octanol–water partition coefficient (Wildman–Crippen LogP) is 2.68. The summed E-state index contributed by atoms with van der Waals surface area (Å²) in [6.07, 6.45) is -5.04. The average Bonchev–Trinajstić information content (AvgIpc) is 2.28. The SMILES string of the molecule is COc1c(Cl)cc(C(=O)C(F)(F)F)c(N)c1OC. The van der Waals surface area contributed by atoms with Crippen LogP contribution in [-0.2, 0) is 0 Å². The summed E-state index contributed by atoms with van der Waals surface area (Å²) in [4.78, 5) is 11.1. The molecule has 0 radical (unpaired) electrons. The van der Waals surface area contributed by atoms with Crippen molar-refractivity contribution in [1.29, 1.82) is 0 Å². The lowest BCUT2D eigenvalue weighted by Gasteiger charge is -2.15. The van der Waals surface area contributed by atoms with Crippen LogP contribution in [0.25, 0.3) is 0 Å². The third-order valence-electron chi connectivity index (χ3n) is 2.14. The predicted molar refractivity (Wildman–Crippen MR) is 59.4 cm³/mol. The van der Waals surface area contributed by atoms with Crippen LogP contribution in [0.2, 0.25) is 5.02 Å². The molecule has 0 fully saturated rings. The maximum atomic E-state index is 12.3. The van der Waals surface area contributed by atoms with E-state index in [1.54, 1.807) is 0 Å². The van der Waals surface area contributed by atoms with Crippen LogP contribution in [0.5, 0.6) is 11.5 Å². The summed E-state index contributed by atoms with van der Waals surface area (Å²) in [5.41, 5.74) is 4.21. The van der Waals surface area contributed by atoms with Gasteiger partial charge in [0.1, 0.15) is 0 Å². The number of benzene rings is 1. The van der Waals surface area contributed by atoms with E-state index in [9.17, 15) is 18.0 Å². The largest absolute Gasteiger partial charge is 0.491 e. The molecule has 0 amide bonds. The fourth-order valence-electron chi connectivity index (χ4n) is 1.36. The molecule has 18 heavy (non-hydrogen) atoms.